The number of hydrogen-bond donors (Lipinski definition) is 1. The summed E-state index contributed by atoms with van der Waals surface area (Å²) in [6, 6.07) is 6.60. The number of nitro groups is 1. The molecule has 2 aromatic rings. The molecule has 0 fully saturated rings. The van der Waals surface area contributed by atoms with Gasteiger partial charge in [-0.1, -0.05) is 6.07 Å². The first-order chi connectivity index (χ1) is 9.49. The maximum absolute atomic E-state index is 13.4. The number of rotatable bonds is 4. The quantitative estimate of drug-likeness (QED) is 0.688. The van der Waals surface area contributed by atoms with Crippen LogP contribution in [0.2, 0.25) is 0 Å². The van der Waals surface area contributed by atoms with E-state index in [1.807, 2.05) is 0 Å². The van der Waals surface area contributed by atoms with Gasteiger partial charge in [-0.2, -0.15) is 4.39 Å². The van der Waals surface area contributed by atoms with Crippen molar-refractivity contribution in [1.82, 2.24) is 0 Å². The van der Waals surface area contributed by atoms with E-state index in [1.165, 1.54) is 12.1 Å². The van der Waals surface area contributed by atoms with Gasteiger partial charge in [-0.15, -0.1) is 0 Å². The first kappa shape index (κ1) is 13.9. The number of nitrogens with one attached hydrogen (secondary N) is 1. The van der Waals surface area contributed by atoms with Crippen LogP contribution in [0.15, 0.2) is 36.4 Å². The maximum Gasteiger partial charge on any atom is 0.304 e. The largest absolute Gasteiger partial charge is 0.381 e. The molecule has 4 nitrogen and oxygen atoms in total. The maximum atomic E-state index is 13.4. The molecule has 0 radical (unpaired) electrons. The number of nitro benzene ring substituents is 1. The first-order valence-electron chi connectivity index (χ1n) is 5.59. The highest BCUT2D eigenvalue weighted by Crippen LogP contribution is 2.22. The van der Waals surface area contributed by atoms with Crippen LogP contribution in [-0.4, -0.2) is 4.92 Å². The monoisotopic (exact) mass is 282 g/mol. The smallest absolute Gasteiger partial charge is 0.304 e. The Hall–Kier alpha value is -2.57. The normalized spacial score (nSPS) is 10.3. The molecular weight excluding hydrogens is 273 g/mol. The highest BCUT2D eigenvalue weighted by atomic mass is 19.1. The minimum absolute atomic E-state index is 0.189. The van der Waals surface area contributed by atoms with Crippen LogP contribution >= 0.6 is 0 Å². The second kappa shape index (κ2) is 5.60. The van der Waals surface area contributed by atoms with Crippen LogP contribution in [0.25, 0.3) is 0 Å². The zero-order valence-electron chi connectivity index (χ0n) is 10.1. The summed E-state index contributed by atoms with van der Waals surface area (Å²) in [6.45, 7) is -0.199. The van der Waals surface area contributed by atoms with Gasteiger partial charge in [0.05, 0.1) is 4.92 Å². The zero-order chi connectivity index (χ0) is 14.7. The van der Waals surface area contributed by atoms with Gasteiger partial charge in [-0.05, 0) is 18.2 Å². The number of nitrogens with zero attached hydrogens (tertiary/aromatic N) is 1. The Kier molecular flexibility index (Phi) is 3.88. The standard InChI is InChI=1S/C13H9F3N2O2/c14-10-2-1-3-11(15)9(10)7-17-8-4-5-13(18(19)20)12(16)6-8/h1-6,17H,7H2. The van der Waals surface area contributed by atoms with Crippen LogP contribution in [0, 0.1) is 27.6 Å². The topological polar surface area (TPSA) is 55.2 Å². The first-order valence-corrected chi connectivity index (χ1v) is 5.59. The molecule has 104 valence electrons. The lowest BCUT2D eigenvalue weighted by Gasteiger charge is -2.08. The van der Waals surface area contributed by atoms with E-state index in [-0.39, 0.29) is 17.8 Å². The number of anilines is 1. The highest BCUT2D eigenvalue weighted by molar-refractivity contribution is 5.50. The van der Waals surface area contributed by atoms with Crippen molar-refractivity contribution in [3.63, 3.8) is 0 Å². The minimum Gasteiger partial charge on any atom is -0.381 e. The van der Waals surface area contributed by atoms with Crippen LogP contribution in [0.5, 0.6) is 0 Å². The van der Waals surface area contributed by atoms with Crippen molar-refractivity contribution in [2.45, 2.75) is 6.54 Å². The van der Waals surface area contributed by atoms with Gasteiger partial charge in [-0.25, -0.2) is 8.78 Å². The third-order valence-corrected chi connectivity index (χ3v) is 2.68. The predicted molar refractivity (Wildman–Crippen MR) is 66.7 cm³/mol. The molecule has 7 heteroatoms. The van der Waals surface area contributed by atoms with E-state index >= 15 is 0 Å². The van der Waals surface area contributed by atoms with Crippen molar-refractivity contribution < 1.29 is 18.1 Å². The average molecular weight is 282 g/mol. The van der Waals surface area contributed by atoms with Crippen LogP contribution in [0.1, 0.15) is 5.56 Å². The van der Waals surface area contributed by atoms with E-state index in [9.17, 15) is 23.3 Å². The van der Waals surface area contributed by atoms with Crippen LogP contribution in [0.4, 0.5) is 24.5 Å². The Bertz CT molecular complexity index is 642. The molecule has 20 heavy (non-hydrogen) atoms. The van der Waals surface area contributed by atoms with Gasteiger partial charge in [0.15, 0.2) is 0 Å². The molecule has 0 aromatic heterocycles. The lowest BCUT2D eigenvalue weighted by atomic mass is 10.2. The van der Waals surface area contributed by atoms with Crippen molar-refractivity contribution in [3.8, 4) is 0 Å². The average Bonchev–Trinajstić information content (AvgIpc) is 2.37. The molecule has 0 aliphatic carbocycles. The van der Waals surface area contributed by atoms with Crippen molar-refractivity contribution in [3.05, 3.63) is 69.5 Å². The fourth-order valence-electron chi connectivity index (χ4n) is 1.66. The second-order valence-corrected chi connectivity index (χ2v) is 3.98. The fraction of sp³-hybridized carbons (Fsp3) is 0.0769. The fourth-order valence-corrected chi connectivity index (χ4v) is 1.66. The lowest BCUT2D eigenvalue weighted by molar-refractivity contribution is -0.387. The van der Waals surface area contributed by atoms with Crippen molar-refractivity contribution in [2.24, 2.45) is 0 Å². The molecule has 0 spiro atoms. The number of benzene rings is 2. The Morgan fingerprint density at radius 2 is 1.70 bits per heavy atom. The molecule has 2 rings (SSSR count). The minimum atomic E-state index is -1.02. The summed E-state index contributed by atoms with van der Waals surface area (Å²) in [6.07, 6.45) is 0. The summed E-state index contributed by atoms with van der Waals surface area (Å²) in [5, 5.41) is 13.1. The van der Waals surface area contributed by atoms with E-state index in [0.29, 0.717) is 0 Å². The molecule has 0 saturated carbocycles. The second-order valence-electron chi connectivity index (χ2n) is 3.98. The summed E-state index contributed by atoms with van der Waals surface area (Å²) in [7, 11) is 0. The number of hydrogen-bond acceptors (Lipinski definition) is 3. The molecule has 0 aliphatic rings. The summed E-state index contributed by atoms with van der Waals surface area (Å²) < 4.78 is 40.1. The Morgan fingerprint density at radius 1 is 1.05 bits per heavy atom. The summed E-state index contributed by atoms with van der Waals surface area (Å²) in [5.41, 5.74) is -0.658. The van der Waals surface area contributed by atoms with Crippen LogP contribution in [-0.2, 0) is 6.54 Å². The Morgan fingerprint density at radius 3 is 2.25 bits per heavy atom. The predicted octanol–water partition coefficient (Wildman–Crippen LogP) is 3.62. The van der Waals surface area contributed by atoms with E-state index in [4.69, 9.17) is 0 Å². The van der Waals surface area contributed by atoms with Gasteiger partial charge in [-0.3, -0.25) is 10.1 Å². The molecular formula is C13H9F3N2O2. The lowest BCUT2D eigenvalue weighted by Crippen LogP contribution is -2.05. The molecule has 0 saturated heterocycles. The third-order valence-electron chi connectivity index (χ3n) is 2.68. The van der Waals surface area contributed by atoms with Crippen molar-refractivity contribution in [2.75, 3.05) is 5.32 Å². The summed E-state index contributed by atoms with van der Waals surface area (Å²) in [5.74, 6) is -2.46. The van der Waals surface area contributed by atoms with Gasteiger partial charge in [0.1, 0.15) is 11.6 Å². The van der Waals surface area contributed by atoms with Gasteiger partial charge >= 0.3 is 5.69 Å². The summed E-state index contributed by atoms with van der Waals surface area (Å²) >= 11 is 0. The Labute approximate surface area is 112 Å². The van der Waals surface area contributed by atoms with Crippen LogP contribution in [0.3, 0.4) is 0 Å². The number of halogens is 3. The van der Waals surface area contributed by atoms with Crippen LogP contribution < -0.4 is 5.32 Å². The van der Waals surface area contributed by atoms with E-state index < -0.39 is 28.1 Å². The summed E-state index contributed by atoms with van der Waals surface area (Å²) in [4.78, 5) is 9.60. The molecule has 0 unspecified atom stereocenters. The Balaban J connectivity index is 2.16. The molecule has 2 aromatic carbocycles. The molecule has 0 aliphatic heterocycles. The molecule has 1 N–H and O–H groups in total. The van der Waals surface area contributed by atoms with Gasteiger partial charge < -0.3 is 5.32 Å². The molecule has 0 amide bonds. The SMILES string of the molecule is O=[N+]([O-])c1ccc(NCc2c(F)cccc2F)cc1F. The third kappa shape index (κ3) is 2.87. The zero-order valence-corrected chi connectivity index (χ0v) is 10.1. The molecule has 0 atom stereocenters. The van der Waals surface area contributed by atoms with Crippen molar-refractivity contribution in [1.29, 1.82) is 0 Å². The van der Waals surface area contributed by atoms with Gasteiger partial charge in [0.25, 0.3) is 0 Å². The highest BCUT2D eigenvalue weighted by Gasteiger charge is 2.14. The van der Waals surface area contributed by atoms with Gasteiger partial charge in [0, 0.05) is 29.9 Å². The van der Waals surface area contributed by atoms with Gasteiger partial charge in [0.2, 0.25) is 5.82 Å². The molecule has 0 heterocycles. The molecule has 0 bridgehead atoms. The van der Waals surface area contributed by atoms with E-state index in [1.54, 1.807) is 0 Å². The van der Waals surface area contributed by atoms with E-state index in [0.717, 1.165) is 24.3 Å². The van der Waals surface area contributed by atoms with E-state index in [2.05, 4.69) is 5.32 Å². The van der Waals surface area contributed by atoms with Crippen molar-refractivity contribution >= 4 is 11.4 Å².